The van der Waals surface area contributed by atoms with Gasteiger partial charge in [-0.1, -0.05) is 24.3 Å². The van der Waals surface area contributed by atoms with E-state index in [1.165, 1.54) is 0 Å². The third kappa shape index (κ3) is 2.11. The Morgan fingerprint density at radius 2 is 1.56 bits per heavy atom. The number of carbonyl (C=O) groups is 1. The van der Waals surface area contributed by atoms with E-state index in [0.29, 0.717) is 39.6 Å². The Balaban J connectivity index is 1.92. The van der Waals surface area contributed by atoms with Crippen molar-refractivity contribution in [3.05, 3.63) is 47.5 Å². The van der Waals surface area contributed by atoms with Gasteiger partial charge in [-0.05, 0) is 12.1 Å². The van der Waals surface area contributed by atoms with Gasteiger partial charge in [-0.25, -0.2) is 0 Å². The molecule has 0 fully saturated rings. The third-order valence-corrected chi connectivity index (χ3v) is 4.37. The molecule has 0 aliphatic heterocycles. The van der Waals surface area contributed by atoms with Crippen molar-refractivity contribution in [2.45, 2.75) is 0 Å². The van der Waals surface area contributed by atoms with E-state index in [4.69, 9.17) is 14.2 Å². The summed E-state index contributed by atoms with van der Waals surface area (Å²) >= 11 is 0. The Bertz CT molecular complexity index is 966. The van der Waals surface area contributed by atoms with Crippen molar-refractivity contribution in [1.29, 1.82) is 0 Å². The molecule has 1 aliphatic rings. The van der Waals surface area contributed by atoms with Crippen LogP contribution in [-0.4, -0.2) is 37.3 Å². The average Bonchev–Trinajstić information content (AvgIpc) is 3.21. The molecular weight excluding hydrogens is 320 g/mol. The second-order valence-corrected chi connectivity index (χ2v) is 5.61. The average molecular weight is 336 g/mol. The lowest BCUT2D eigenvalue weighted by Crippen LogP contribution is -1.99. The first-order valence-electron chi connectivity index (χ1n) is 7.72. The van der Waals surface area contributed by atoms with E-state index in [0.717, 1.165) is 11.3 Å². The summed E-state index contributed by atoms with van der Waals surface area (Å²) in [6.07, 6.45) is 0. The van der Waals surface area contributed by atoms with Gasteiger partial charge in [0.25, 0.3) is 0 Å². The number of hydrogen-bond acceptors (Lipinski definition) is 5. The number of ether oxygens (including phenoxy) is 3. The van der Waals surface area contributed by atoms with Gasteiger partial charge in [-0.15, -0.1) is 0 Å². The van der Waals surface area contributed by atoms with Crippen molar-refractivity contribution in [1.82, 2.24) is 10.2 Å². The fourth-order valence-corrected chi connectivity index (χ4v) is 3.22. The maximum Gasteiger partial charge on any atom is 0.203 e. The maximum absolute atomic E-state index is 12.8. The highest BCUT2D eigenvalue weighted by Crippen LogP contribution is 2.44. The molecule has 4 rings (SSSR count). The summed E-state index contributed by atoms with van der Waals surface area (Å²) in [5.74, 6) is 1.48. The summed E-state index contributed by atoms with van der Waals surface area (Å²) in [4.78, 5) is 12.8. The first-order valence-corrected chi connectivity index (χ1v) is 7.72. The minimum absolute atomic E-state index is 0.0388. The van der Waals surface area contributed by atoms with Gasteiger partial charge in [-0.3, -0.25) is 9.89 Å². The van der Waals surface area contributed by atoms with Gasteiger partial charge in [0, 0.05) is 16.7 Å². The van der Waals surface area contributed by atoms with Crippen molar-refractivity contribution >= 4 is 5.78 Å². The molecule has 0 saturated heterocycles. The van der Waals surface area contributed by atoms with Gasteiger partial charge in [0.1, 0.15) is 5.69 Å². The first kappa shape index (κ1) is 15.3. The van der Waals surface area contributed by atoms with E-state index in [-0.39, 0.29) is 5.78 Å². The SMILES string of the molecule is COc1cc(-c2n[nH]c3c2C(=O)c2ccccc2-3)cc(OC)c1OC. The number of hydrogen-bond donors (Lipinski definition) is 1. The molecule has 0 atom stereocenters. The van der Waals surface area contributed by atoms with Crippen molar-refractivity contribution in [2.75, 3.05) is 21.3 Å². The second-order valence-electron chi connectivity index (χ2n) is 5.61. The monoisotopic (exact) mass is 336 g/mol. The lowest BCUT2D eigenvalue weighted by atomic mass is 10.0. The summed E-state index contributed by atoms with van der Waals surface area (Å²) in [6, 6.07) is 11.1. The molecule has 1 N–H and O–H groups in total. The van der Waals surface area contributed by atoms with Gasteiger partial charge < -0.3 is 14.2 Å². The standard InChI is InChI=1S/C19H16N2O4/c1-23-13-8-10(9-14(24-2)19(13)25-3)16-15-17(21-20-16)11-6-4-5-7-12(11)18(15)22/h4-9H,1-3H3,(H,20,21). The van der Waals surface area contributed by atoms with Gasteiger partial charge in [0.05, 0.1) is 32.6 Å². The van der Waals surface area contributed by atoms with Gasteiger partial charge in [-0.2, -0.15) is 5.10 Å². The number of nitrogens with one attached hydrogen (secondary N) is 1. The number of methoxy groups -OCH3 is 3. The Hall–Kier alpha value is -3.28. The van der Waals surface area contributed by atoms with Crippen LogP contribution in [0.4, 0.5) is 0 Å². The molecule has 0 spiro atoms. The number of fused-ring (bicyclic) bond motifs is 3. The second kappa shape index (κ2) is 5.66. The quantitative estimate of drug-likeness (QED) is 0.619. The number of H-pyrrole nitrogens is 1. The van der Waals surface area contributed by atoms with E-state index in [9.17, 15) is 4.79 Å². The van der Waals surface area contributed by atoms with Crippen LogP contribution in [0.25, 0.3) is 22.5 Å². The predicted molar refractivity (Wildman–Crippen MR) is 92.5 cm³/mol. The van der Waals surface area contributed by atoms with Crippen LogP contribution in [0.15, 0.2) is 36.4 Å². The molecule has 0 bridgehead atoms. The van der Waals surface area contributed by atoms with Gasteiger partial charge in [0.2, 0.25) is 5.75 Å². The third-order valence-electron chi connectivity index (χ3n) is 4.37. The Morgan fingerprint density at radius 3 is 2.16 bits per heavy atom. The van der Waals surface area contributed by atoms with Crippen molar-refractivity contribution in [3.63, 3.8) is 0 Å². The normalized spacial score (nSPS) is 11.9. The van der Waals surface area contributed by atoms with E-state index in [1.807, 2.05) is 24.3 Å². The van der Waals surface area contributed by atoms with Crippen LogP contribution in [0, 0.1) is 0 Å². The van der Waals surface area contributed by atoms with Crippen LogP contribution in [0.3, 0.4) is 0 Å². The number of ketones is 1. The van der Waals surface area contributed by atoms with Crippen molar-refractivity contribution < 1.29 is 19.0 Å². The highest BCUT2D eigenvalue weighted by molar-refractivity contribution is 6.23. The molecule has 3 aromatic rings. The molecule has 1 aromatic heterocycles. The Labute approximate surface area is 144 Å². The fraction of sp³-hybridized carbons (Fsp3) is 0.158. The minimum Gasteiger partial charge on any atom is -0.493 e. The van der Waals surface area contributed by atoms with Crippen LogP contribution >= 0.6 is 0 Å². The molecule has 6 nitrogen and oxygen atoms in total. The number of benzene rings is 2. The van der Waals surface area contributed by atoms with Gasteiger partial charge >= 0.3 is 0 Å². The molecule has 1 heterocycles. The van der Waals surface area contributed by atoms with Crippen LogP contribution in [-0.2, 0) is 0 Å². The molecule has 1 aliphatic carbocycles. The van der Waals surface area contributed by atoms with E-state index in [2.05, 4.69) is 10.2 Å². The largest absolute Gasteiger partial charge is 0.493 e. The zero-order valence-corrected chi connectivity index (χ0v) is 14.0. The summed E-state index contributed by atoms with van der Waals surface area (Å²) in [5.41, 5.74) is 4.14. The lowest BCUT2D eigenvalue weighted by molar-refractivity contribution is 0.104. The zero-order valence-electron chi connectivity index (χ0n) is 14.0. The molecule has 25 heavy (non-hydrogen) atoms. The Morgan fingerprint density at radius 1 is 0.920 bits per heavy atom. The number of aromatic amines is 1. The highest BCUT2D eigenvalue weighted by Gasteiger charge is 2.32. The van der Waals surface area contributed by atoms with E-state index in [1.54, 1.807) is 33.5 Å². The van der Waals surface area contributed by atoms with Gasteiger partial charge in [0.15, 0.2) is 17.3 Å². The lowest BCUT2D eigenvalue weighted by Gasteiger charge is -2.13. The number of aromatic nitrogens is 2. The summed E-state index contributed by atoms with van der Waals surface area (Å²) in [6.45, 7) is 0. The summed E-state index contributed by atoms with van der Waals surface area (Å²) < 4.78 is 16.1. The van der Waals surface area contributed by atoms with Crippen LogP contribution in [0.2, 0.25) is 0 Å². The zero-order chi connectivity index (χ0) is 17.6. The van der Waals surface area contributed by atoms with Crippen molar-refractivity contribution in [2.24, 2.45) is 0 Å². The van der Waals surface area contributed by atoms with E-state index >= 15 is 0 Å². The number of nitrogens with zero attached hydrogens (tertiary/aromatic N) is 1. The Kier molecular flexibility index (Phi) is 3.46. The molecule has 0 saturated carbocycles. The summed E-state index contributed by atoms with van der Waals surface area (Å²) in [5, 5.41) is 7.36. The number of rotatable bonds is 4. The van der Waals surface area contributed by atoms with E-state index < -0.39 is 0 Å². The fourth-order valence-electron chi connectivity index (χ4n) is 3.22. The molecule has 126 valence electrons. The number of carbonyl (C=O) groups excluding carboxylic acids is 1. The maximum atomic E-state index is 12.8. The van der Waals surface area contributed by atoms with Crippen LogP contribution in [0.5, 0.6) is 17.2 Å². The van der Waals surface area contributed by atoms with Crippen LogP contribution < -0.4 is 14.2 Å². The smallest absolute Gasteiger partial charge is 0.203 e. The molecule has 2 aromatic carbocycles. The first-order chi connectivity index (χ1) is 12.2. The highest BCUT2D eigenvalue weighted by atomic mass is 16.5. The molecule has 6 heteroatoms. The van der Waals surface area contributed by atoms with Crippen LogP contribution in [0.1, 0.15) is 15.9 Å². The molecule has 0 unspecified atom stereocenters. The molecule has 0 amide bonds. The minimum atomic E-state index is -0.0388. The molecular formula is C19H16N2O4. The topological polar surface area (TPSA) is 73.4 Å². The van der Waals surface area contributed by atoms with Crippen molar-refractivity contribution in [3.8, 4) is 39.8 Å². The molecule has 0 radical (unpaired) electrons. The predicted octanol–water partition coefficient (Wildman–Crippen LogP) is 3.31. The summed E-state index contributed by atoms with van der Waals surface area (Å²) in [7, 11) is 4.65.